The standard InChI is InChI=1S/C33H32Cl2N4O4/c1-5-38(3)33(42)24-14-10-22(11-15-24)12-18-29(40)36-19-30(41)39(4)27-17-16-26(34)25(31(27)35)20-43-28-8-6-7-23-13-9-21(2)37-32(23)28/h6-18H,5,19-20H2,1-4H3,(H,36,40)/b18-12+. The molecule has 4 aromatic rings. The molecule has 1 N–H and O–H groups in total. The SMILES string of the molecule is CCN(C)C(=O)c1ccc(/C=C/C(=O)NCC(=O)N(C)c2ccc(Cl)c(COc3cccc4ccc(C)nc34)c2Cl)cc1. The van der Waals surface area contributed by atoms with Gasteiger partial charge in [0.05, 0.1) is 17.3 Å². The summed E-state index contributed by atoms with van der Waals surface area (Å²) < 4.78 is 6.08. The molecule has 0 aliphatic rings. The number of nitrogens with zero attached hydrogens (tertiary/aromatic N) is 3. The Morgan fingerprint density at radius 1 is 0.977 bits per heavy atom. The van der Waals surface area contributed by atoms with Crippen molar-refractivity contribution < 1.29 is 19.1 Å². The van der Waals surface area contributed by atoms with Crippen LogP contribution in [0.3, 0.4) is 0 Å². The number of fused-ring (bicyclic) bond motifs is 1. The van der Waals surface area contributed by atoms with Crippen molar-refractivity contribution in [1.29, 1.82) is 0 Å². The zero-order valence-electron chi connectivity index (χ0n) is 24.4. The fourth-order valence-electron chi connectivity index (χ4n) is 4.21. The van der Waals surface area contributed by atoms with Crippen LogP contribution in [0.15, 0.2) is 72.8 Å². The van der Waals surface area contributed by atoms with E-state index in [9.17, 15) is 14.4 Å². The van der Waals surface area contributed by atoms with E-state index < -0.39 is 5.91 Å². The van der Waals surface area contributed by atoms with E-state index in [0.29, 0.717) is 34.1 Å². The van der Waals surface area contributed by atoms with Crippen LogP contribution in [0.5, 0.6) is 5.75 Å². The molecule has 4 rings (SSSR count). The predicted octanol–water partition coefficient (Wildman–Crippen LogP) is 6.31. The van der Waals surface area contributed by atoms with Crippen LogP contribution >= 0.6 is 23.2 Å². The molecular weight excluding hydrogens is 587 g/mol. The van der Waals surface area contributed by atoms with Crippen LogP contribution in [0.25, 0.3) is 17.0 Å². The van der Waals surface area contributed by atoms with Crippen molar-refractivity contribution in [3.63, 3.8) is 0 Å². The number of hydrogen-bond donors (Lipinski definition) is 1. The van der Waals surface area contributed by atoms with Crippen molar-refractivity contribution in [2.24, 2.45) is 0 Å². The third-order valence-corrected chi connectivity index (χ3v) is 7.69. The number of carbonyl (C=O) groups excluding carboxylic acids is 3. The fourth-order valence-corrected chi connectivity index (χ4v) is 4.81. The summed E-state index contributed by atoms with van der Waals surface area (Å²) in [5.41, 5.74) is 3.85. The minimum atomic E-state index is -0.442. The highest BCUT2D eigenvalue weighted by Crippen LogP contribution is 2.35. The van der Waals surface area contributed by atoms with E-state index in [0.717, 1.165) is 22.2 Å². The van der Waals surface area contributed by atoms with Crippen LogP contribution in [0.2, 0.25) is 10.0 Å². The summed E-state index contributed by atoms with van der Waals surface area (Å²) in [6.45, 7) is 4.24. The van der Waals surface area contributed by atoms with E-state index >= 15 is 0 Å². The largest absolute Gasteiger partial charge is 0.487 e. The maximum Gasteiger partial charge on any atom is 0.253 e. The van der Waals surface area contributed by atoms with Gasteiger partial charge in [-0.25, -0.2) is 4.98 Å². The number of aromatic nitrogens is 1. The molecule has 0 unspecified atom stereocenters. The summed E-state index contributed by atoms with van der Waals surface area (Å²) in [6, 6.07) is 19.8. The summed E-state index contributed by atoms with van der Waals surface area (Å²) in [7, 11) is 3.31. The van der Waals surface area contributed by atoms with Gasteiger partial charge in [0.1, 0.15) is 17.9 Å². The zero-order valence-corrected chi connectivity index (χ0v) is 25.9. The molecule has 0 aliphatic carbocycles. The van der Waals surface area contributed by atoms with E-state index in [2.05, 4.69) is 10.3 Å². The Hall–Kier alpha value is -4.40. The smallest absolute Gasteiger partial charge is 0.253 e. The number of benzene rings is 3. The second-order valence-corrected chi connectivity index (χ2v) is 10.7. The van der Waals surface area contributed by atoms with Crippen molar-refractivity contribution >= 4 is 63.6 Å². The Morgan fingerprint density at radius 3 is 2.44 bits per heavy atom. The molecule has 3 amide bonds. The normalized spacial score (nSPS) is 11.0. The number of carbonyl (C=O) groups is 3. The van der Waals surface area contributed by atoms with Gasteiger partial charge in [-0.2, -0.15) is 0 Å². The lowest BCUT2D eigenvalue weighted by molar-refractivity contribution is -0.122. The summed E-state index contributed by atoms with van der Waals surface area (Å²) in [5, 5.41) is 4.20. The van der Waals surface area contributed by atoms with Crippen LogP contribution in [0.1, 0.15) is 34.1 Å². The Labute approximate surface area is 260 Å². The maximum atomic E-state index is 12.9. The number of nitrogens with one attached hydrogen (secondary N) is 1. The topological polar surface area (TPSA) is 91.8 Å². The third kappa shape index (κ3) is 7.71. The van der Waals surface area contributed by atoms with E-state index in [1.807, 2.05) is 44.2 Å². The summed E-state index contributed by atoms with van der Waals surface area (Å²) in [5.74, 6) is -0.305. The van der Waals surface area contributed by atoms with Gasteiger partial charge in [0.2, 0.25) is 11.8 Å². The van der Waals surface area contributed by atoms with Crippen molar-refractivity contribution in [2.75, 3.05) is 32.1 Å². The molecule has 0 saturated carbocycles. The quantitative estimate of drug-likeness (QED) is 0.210. The minimum absolute atomic E-state index is 0.0637. The highest BCUT2D eigenvalue weighted by Gasteiger charge is 2.19. The minimum Gasteiger partial charge on any atom is -0.487 e. The van der Waals surface area contributed by atoms with Crippen LogP contribution < -0.4 is 15.0 Å². The van der Waals surface area contributed by atoms with Crippen molar-refractivity contribution in [1.82, 2.24) is 15.2 Å². The first-order valence-electron chi connectivity index (χ1n) is 13.6. The number of likely N-dealkylation sites (N-methyl/N-ethyl adjacent to an activating group) is 1. The summed E-state index contributed by atoms with van der Waals surface area (Å²) in [6.07, 6.45) is 2.94. The molecule has 0 atom stereocenters. The average Bonchev–Trinajstić information content (AvgIpc) is 3.01. The molecular formula is C33H32Cl2N4O4. The number of rotatable bonds is 10. The van der Waals surface area contributed by atoms with Crippen molar-refractivity contribution in [2.45, 2.75) is 20.5 Å². The van der Waals surface area contributed by atoms with Gasteiger partial charge >= 0.3 is 0 Å². The van der Waals surface area contributed by atoms with E-state index in [4.69, 9.17) is 27.9 Å². The number of aryl methyl sites for hydroxylation is 1. The van der Waals surface area contributed by atoms with Gasteiger partial charge in [-0.3, -0.25) is 14.4 Å². The molecule has 43 heavy (non-hydrogen) atoms. The van der Waals surface area contributed by atoms with Crippen LogP contribution in [-0.2, 0) is 16.2 Å². The van der Waals surface area contributed by atoms with Crippen LogP contribution in [0, 0.1) is 6.92 Å². The second-order valence-electron chi connectivity index (χ2n) is 9.87. The Kier molecular flexibility index (Phi) is 10.4. The summed E-state index contributed by atoms with van der Waals surface area (Å²) >= 11 is 13.2. The number of hydrogen-bond acceptors (Lipinski definition) is 5. The molecule has 0 spiro atoms. The molecule has 3 aromatic carbocycles. The molecule has 0 radical (unpaired) electrons. The lowest BCUT2D eigenvalue weighted by Gasteiger charge is -2.21. The monoisotopic (exact) mass is 618 g/mol. The Morgan fingerprint density at radius 2 is 1.72 bits per heavy atom. The van der Waals surface area contributed by atoms with Crippen LogP contribution in [-0.4, -0.2) is 54.8 Å². The molecule has 0 bridgehead atoms. The summed E-state index contributed by atoms with van der Waals surface area (Å²) in [4.78, 5) is 45.1. The van der Waals surface area contributed by atoms with Gasteiger partial charge in [0, 0.05) is 53.9 Å². The number of para-hydroxylation sites is 1. The van der Waals surface area contributed by atoms with Crippen LogP contribution in [0.4, 0.5) is 5.69 Å². The van der Waals surface area contributed by atoms with Gasteiger partial charge in [-0.05, 0) is 61.9 Å². The van der Waals surface area contributed by atoms with Crippen molar-refractivity contribution in [3.8, 4) is 5.75 Å². The average molecular weight is 620 g/mol. The third-order valence-electron chi connectivity index (χ3n) is 6.92. The lowest BCUT2D eigenvalue weighted by atomic mass is 10.1. The molecule has 0 fully saturated rings. The predicted molar refractivity (Wildman–Crippen MR) is 172 cm³/mol. The number of halogens is 2. The van der Waals surface area contributed by atoms with E-state index in [1.165, 1.54) is 11.0 Å². The first-order chi connectivity index (χ1) is 20.6. The zero-order chi connectivity index (χ0) is 31.1. The van der Waals surface area contributed by atoms with E-state index in [1.54, 1.807) is 61.5 Å². The first kappa shape index (κ1) is 31.5. The highest BCUT2D eigenvalue weighted by atomic mass is 35.5. The molecule has 8 nitrogen and oxygen atoms in total. The maximum absolute atomic E-state index is 12.9. The Balaban J connectivity index is 1.37. The lowest BCUT2D eigenvalue weighted by Crippen LogP contribution is -2.37. The first-order valence-corrected chi connectivity index (χ1v) is 14.4. The number of ether oxygens (including phenoxy) is 1. The van der Waals surface area contributed by atoms with Gasteiger partial charge in [-0.1, -0.05) is 53.5 Å². The van der Waals surface area contributed by atoms with Crippen molar-refractivity contribution in [3.05, 3.63) is 105 Å². The number of amides is 3. The van der Waals surface area contributed by atoms with Gasteiger partial charge in [-0.15, -0.1) is 0 Å². The molecule has 1 heterocycles. The molecule has 222 valence electrons. The highest BCUT2D eigenvalue weighted by molar-refractivity contribution is 6.38. The fraction of sp³-hybridized carbons (Fsp3) is 0.212. The molecule has 0 saturated heterocycles. The molecule has 10 heteroatoms. The number of pyridine rings is 1. The van der Waals surface area contributed by atoms with E-state index in [-0.39, 0.29) is 30.0 Å². The van der Waals surface area contributed by atoms with Gasteiger partial charge in [0.25, 0.3) is 5.91 Å². The Bertz CT molecular complexity index is 1690. The number of anilines is 1. The molecule has 1 aromatic heterocycles. The van der Waals surface area contributed by atoms with Gasteiger partial charge in [0.15, 0.2) is 0 Å². The molecule has 0 aliphatic heterocycles. The van der Waals surface area contributed by atoms with Gasteiger partial charge < -0.3 is 19.9 Å². The second kappa shape index (κ2) is 14.2.